The fraction of sp³-hybridized carbons (Fsp3) is 0.923. The van der Waals surface area contributed by atoms with Crippen LogP contribution in [0.5, 0.6) is 0 Å². The lowest BCUT2D eigenvalue weighted by atomic mass is 9.97. The van der Waals surface area contributed by atoms with Gasteiger partial charge in [0.15, 0.2) is 0 Å². The number of likely N-dealkylation sites (N-methyl/N-ethyl adjacent to an activating group) is 1. The number of rotatable bonds is 4. The lowest BCUT2D eigenvalue weighted by molar-refractivity contribution is -0.134. The van der Waals surface area contributed by atoms with E-state index in [1.54, 1.807) is 0 Å². The predicted molar refractivity (Wildman–Crippen MR) is 68.8 cm³/mol. The lowest BCUT2D eigenvalue weighted by Crippen LogP contribution is -2.40. The second kappa shape index (κ2) is 5.83. The number of likely N-dealkylation sites (tertiary alicyclic amines) is 1. The second-order valence-corrected chi connectivity index (χ2v) is 5.55. The Morgan fingerprint density at radius 1 is 1.35 bits per heavy atom. The summed E-state index contributed by atoms with van der Waals surface area (Å²) in [6.07, 6.45) is 2.64. The number of hydrogen-bond donors (Lipinski definition) is 1. The third kappa shape index (κ3) is 3.19. The van der Waals surface area contributed by atoms with Crippen LogP contribution in [0.2, 0.25) is 0 Å². The molecule has 4 heteroatoms. The largest absolute Gasteiger partial charge is 0.344 e. The summed E-state index contributed by atoms with van der Waals surface area (Å²) in [5.41, 5.74) is 0. The van der Waals surface area contributed by atoms with Gasteiger partial charge in [0.1, 0.15) is 0 Å². The van der Waals surface area contributed by atoms with Gasteiger partial charge >= 0.3 is 0 Å². The van der Waals surface area contributed by atoms with Gasteiger partial charge in [-0.25, -0.2) is 0 Å². The van der Waals surface area contributed by atoms with E-state index in [-0.39, 0.29) is 5.92 Å². The van der Waals surface area contributed by atoms with E-state index in [9.17, 15) is 4.79 Å². The number of hydrogen-bond acceptors (Lipinski definition) is 3. The van der Waals surface area contributed by atoms with Crippen LogP contribution in [0.1, 0.15) is 19.8 Å². The van der Waals surface area contributed by atoms with Crippen LogP contribution in [0.4, 0.5) is 0 Å². The number of amides is 1. The summed E-state index contributed by atoms with van der Waals surface area (Å²) in [4.78, 5) is 16.6. The first-order chi connectivity index (χ1) is 8.18. The Morgan fingerprint density at radius 2 is 2.06 bits per heavy atom. The molecule has 2 atom stereocenters. The number of carbonyl (C=O) groups is 1. The average molecular weight is 239 g/mol. The van der Waals surface area contributed by atoms with Gasteiger partial charge in [-0.15, -0.1) is 0 Å². The molecule has 2 rings (SSSR count). The van der Waals surface area contributed by atoms with Crippen LogP contribution in [0, 0.1) is 11.8 Å². The molecule has 17 heavy (non-hydrogen) atoms. The van der Waals surface area contributed by atoms with Crippen molar-refractivity contribution in [3.05, 3.63) is 0 Å². The maximum absolute atomic E-state index is 12.2. The molecular formula is C13H25N3O. The zero-order chi connectivity index (χ0) is 12.3. The van der Waals surface area contributed by atoms with E-state index in [2.05, 4.69) is 17.1 Å². The van der Waals surface area contributed by atoms with Crippen molar-refractivity contribution in [3.63, 3.8) is 0 Å². The van der Waals surface area contributed by atoms with E-state index >= 15 is 0 Å². The van der Waals surface area contributed by atoms with Crippen molar-refractivity contribution in [3.8, 4) is 0 Å². The van der Waals surface area contributed by atoms with E-state index in [0.717, 1.165) is 26.2 Å². The van der Waals surface area contributed by atoms with Gasteiger partial charge in [-0.05, 0) is 38.4 Å². The predicted octanol–water partition coefficient (Wildman–Crippen LogP) is 0.396. The molecule has 98 valence electrons. The molecule has 2 fully saturated rings. The highest BCUT2D eigenvalue weighted by atomic mass is 16.2. The lowest BCUT2D eigenvalue weighted by Gasteiger charge is -2.25. The first-order valence-electron chi connectivity index (χ1n) is 6.86. The van der Waals surface area contributed by atoms with Crippen molar-refractivity contribution >= 4 is 5.91 Å². The summed E-state index contributed by atoms with van der Waals surface area (Å²) in [5.74, 6) is 0.997. The zero-order valence-corrected chi connectivity index (χ0v) is 11.1. The highest BCUT2D eigenvalue weighted by Gasteiger charge is 2.31. The summed E-state index contributed by atoms with van der Waals surface area (Å²) in [7, 11) is 1.95. The minimum atomic E-state index is 0.193. The molecule has 0 bridgehead atoms. The molecule has 2 heterocycles. The fourth-order valence-electron chi connectivity index (χ4n) is 2.83. The van der Waals surface area contributed by atoms with E-state index in [0.29, 0.717) is 11.8 Å². The molecule has 2 aliphatic rings. The molecule has 0 aromatic heterocycles. The fourth-order valence-corrected chi connectivity index (χ4v) is 2.83. The smallest absolute Gasteiger partial charge is 0.227 e. The molecule has 0 spiro atoms. The Morgan fingerprint density at radius 3 is 2.65 bits per heavy atom. The van der Waals surface area contributed by atoms with Crippen LogP contribution in [0.15, 0.2) is 0 Å². The van der Waals surface area contributed by atoms with Crippen molar-refractivity contribution in [1.82, 2.24) is 15.1 Å². The Bertz CT molecular complexity index is 263. The normalized spacial score (nSPS) is 29.8. The van der Waals surface area contributed by atoms with Gasteiger partial charge in [0, 0.05) is 26.7 Å². The monoisotopic (exact) mass is 239 g/mol. The van der Waals surface area contributed by atoms with Gasteiger partial charge in [-0.2, -0.15) is 0 Å². The van der Waals surface area contributed by atoms with Crippen molar-refractivity contribution in [1.29, 1.82) is 0 Å². The number of nitrogens with zero attached hydrogens (tertiary/aromatic N) is 2. The molecule has 0 aromatic rings. The first kappa shape index (κ1) is 12.8. The Hall–Kier alpha value is -0.610. The van der Waals surface area contributed by atoms with Crippen molar-refractivity contribution in [2.24, 2.45) is 11.8 Å². The van der Waals surface area contributed by atoms with Crippen LogP contribution in [0.25, 0.3) is 0 Å². The standard InChI is InChI=1S/C13H25N3O/c1-11-9-14-10-12(11)13(17)15(2)7-8-16-5-3-4-6-16/h11-12,14H,3-10H2,1-2H3. The van der Waals surface area contributed by atoms with Gasteiger partial charge in [0.25, 0.3) is 0 Å². The Balaban J connectivity index is 1.74. The van der Waals surface area contributed by atoms with E-state index < -0.39 is 0 Å². The van der Waals surface area contributed by atoms with Crippen LogP contribution < -0.4 is 5.32 Å². The molecule has 0 aromatic carbocycles. The number of carbonyl (C=O) groups excluding carboxylic acids is 1. The summed E-state index contributed by atoms with van der Waals surface area (Å²) in [5, 5.41) is 3.30. The van der Waals surface area contributed by atoms with Gasteiger partial charge in [-0.3, -0.25) is 4.79 Å². The summed E-state index contributed by atoms with van der Waals surface area (Å²) in [6, 6.07) is 0. The van der Waals surface area contributed by atoms with Gasteiger partial charge in [0.2, 0.25) is 5.91 Å². The maximum atomic E-state index is 12.2. The Labute approximate surface area is 104 Å². The van der Waals surface area contributed by atoms with E-state index in [4.69, 9.17) is 0 Å². The van der Waals surface area contributed by atoms with Crippen molar-refractivity contribution in [2.45, 2.75) is 19.8 Å². The quantitative estimate of drug-likeness (QED) is 0.771. The molecule has 1 N–H and O–H groups in total. The molecule has 2 aliphatic heterocycles. The van der Waals surface area contributed by atoms with Crippen LogP contribution in [0.3, 0.4) is 0 Å². The van der Waals surface area contributed by atoms with Gasteiger partial charge < -0.3 is 15.1 Å². The number of nitrogens with one attached hydrogen (secondary N) is 1. The molecule has 2 saturated heterocycles. The first-order valence-corrected chi connectivity index (χ1v) is 6.86. The van der Waals surface area contributed by atoms with Gasteiger partial charge in [-0.1, -0.05) is 6.92 Å². The van der Waals surface area contributed by atoms with Crippen LogP contribution in [-0.4, -0.2) is 62.0 Å². The molecule has 4 nitrogen and oxygen atoms in total. The summed E-state index contributed by atoms with van der Waals surface area (Å²) in [6.45, 7) is 8.34. The molecule has 1 amide bonds. The third-order valence-corrected chi connectivity index (χ3v) is 4.16. The third-order valence-electron chi connectivity index (χ3n) is 4.16. The summed E-state index contributed by atoms with van der Waals surface area (Å²) < 4.78 is 0. The SMILES string of the molecule is CC1CNCC1C(=O)N(C)CCN1CCCC1. The molecular weight excluding hydrogens is 214 g/mol. The molecule has 0 saturated carbocycles. The maximum Gasteiger partial charge on any atom is 0.227 e. The second-order valence-electron chi connectivity index (χ2n) is 5.55. The molecule has 0 radical (unpaired) electrons. The zero-order valence-electron chi connectivity index (χ0n) is 11.1. The van der Waals surface area contributed by atoms with Gasteiger partial charge in [0.05, 0.1) is 5.92 Å². The van der Waals surface area contributed by atoms with Crippen molar-refractivity contribution < 1.29 is 4.79 Å². The minimum Gasteiger partial charge on any atom is -0.344 e. The van der Waals surface area contributed by atoms with Crippen LogP contribution >= 0.6 is 0 Å². The topological polar surface area (TPSA) is 35.6 Å². The van der Waals surface area contributed by atoms with E-state index in [1.807, 2.05) is 11.9 Å². The van der Waals surface area contributed by atoms with E-state index in [1.165, 1.54) is 25.9 Å². The molecule has 0 aliphatic carbocycles. The van der Waals surface area contributed by atoms with Crippen molar-refractivity contribution in [2.75, 3.05) is 46.3 Å². The molecule has 2 unspecified atom stereocenters. The van der Waals surface area contributed by atoms with Crippen LogP contribution in [-0.2, 0) is 4.79 Å². The Kier molecular flexibility index (Phi) is 4.40. The highest BCUT2D eigenvalue weighted by Crippen LogP contribution is 2.18. The highest BCUT2D eigenvalue weighted by molar-refractivity contribution is 5.79. The summed E-state index contributed by atoms with van der Waals surface area (Å²) >= 11 is 0. The average Bonchev–Trinajstić information content (AvgIpc) is 2.95. The minimum absolute atomic E-state index is 0.193.